The van der Waals surface area contributed by atoms with E-state index in [-0.39, 0.29) is 5.82 Å². The first kappa shape index (κ1) is 25.3. The Bertz CT molecular complexity index is 1080. The Morgan fingerprint density at radius 1 is 0.735 bits per heavy atom. The molecule has 3 aromatic carbocycles. The van der Waals surface area contributed by atoms with E-state index in [2.05, 4.69) is 60.1 Å². The number of aryl methyl sites for hydroxylation is 2. The van der Waals surface area contributed by atoms with E-state index in [9.17, 15) is 4.39 Å². The molecule has 34 heavy (non-hydrogen) atoms. The summed E-state index contributed by atoms with van der Waals surface area (Å²) in [6.45, 7) is 5.95. The summed E-state index contributed by atoms with van der Waals surface area (Å²) in [5, 5.41) is 8.21. The fourth-order valence-corrected chi connectivity index (χ4v) is 3.84. The first-order valence-corrected chi connectivity index (χ1v) is 12.3. The maximum atomic E-state index is 14.7. The second kappa shape index (κ2) is 14.0. The first-order valence-electron chi connectivity index (χ1n) is 12.3. The second-order valence-electron chi connectivity index (χ2n) is 8.66. The van der Waals surface area contributed by atoms with Gasteiger partial charge in [0.2, 0.25) is 0 Å². The lowest BCUT2D eigenvalue weighted by Crippen LogP contribution is -1.90. The molecule has 0 heterocycles. The minimum atomic E-state index is -0.255. The van der Waals surface area contributed by atoms with E-state index in [4.69, 9.17) is 0 Å². The highest BCUT2D eigenvalue weighted by molar-refractivity contribution is 5.83. The van der Waals surface area contributed by atoms with Crippen molar-refractivity contribution in [3.05, 3.63) is 107 Å². The zero-order chi connectivity index (χ0) is 24.0. The number of allylic oxidation sites excluding steroid dienone is 1. The highest BCUT2D eigenvalue weighted by Gasteiger charge is 2.06. The Morgan fingerprint density at radius 2 is 1.35 bits per heavy atom. The topological polar surface area (TPSA) is 24.7 Å². The molecule has 0 spiro atoms. The van der Waals surface area contributed by atoms with Gasteiger partial charge in [0, 0.05) is 5.56 Å². The van der Waals surface area contributed by atoms with E-state index in [0.717, 1.165) is 30.4 Å². The van der Waals surface area contributed by atoms with Gasteiger partial charge in [-0.25, -0.2) is 4.39 Å². The number of hydrogen-bond acceptors (Lipinski definition) is 2. The summed E-state index contributed by atoms with van der Waals surface area (Å²) in [5.74, 6) is -0.255. The Labute approximate surface area is 204 Å². The molecule has 0 saturated carbocycles. The molecule has 0 amide bonds. The van der Waals surface area contributed by atoms with E-state index in [1.807, 2.05) is 24.3 Å². The van der Waals surface area contributed by atoms with Gasteiger partial charge in [0.1, 0.15) is 5.82 Å². The van der Waals surface area contributed by atoms with Crippen LogP contribution in [0.3, 0.4) is 0 Å². The predicted octanol–water partition coefficient (Wildman–Crippen LogP) is 8.58. The summed E-state index contributed by atoms with van der Waals surface area (Å²) >= 11 is 0. The highest BCUT2D eigenvalue weighted by Crippen LogP contribution is 2.24. The fraction of sp³-hybridized carbons (Fsp3) is 0.290. The van der Waals surface area contributed by atoms with Gasteiger partial charge < -0.3 is 0 Å². The van der Waals surface area contributed by atoms with E-state index in [0.29, 0.717) is 11.1 Å². The minimum Gasteiger partial charge on any atom is -0.206 e. The molecule has 2 nitrogen and oxygen atoms in total. The molecular formula is C31H35FN2. The van der Waals surface area contributed by atoms with Gasteiger partial charge in [0.15, 0.2) is 0 Å². The van der Waals surface area contributed by atoms with Crippen molar-refractivity contribution >= 4 is 12.4 Å². The van der Waals surface area contributed by atoms with Crippen molar-refractivity contribution in [2.45, 2.75) is 58.3 Å². The Morgan fingerprint density at radius 3 is 2.00 bits per heavy atom. The summed E-state index contributed by atoms with van der Waals surface area (Å²) in [4.78, 5) is 0. The van der Waals surface area contributed by atoms with Crippen LogP contribution in [0.5, 0.6) is 0 Å². The molecular weight excluding hydrogens is 419 g/mol. The second-order valence-corrected chi connectivity index (χ2v) is 8.66. The maximum absolute atomic E-state index is 14.7. The van der Waals surface area contributed by atoms with Crippen molar-refractivity contribution in [3.8, 4) is 11.1 Å². The molecule has 0 atom stereocenters. The number of nitrogens with zero attached hydrogens (tertiary/aromatic N) is 2. The van der Waals surface area contributed by atoms with Gasteiger partial charge in [-0.15, -0.1) is 6.58 Å². The van der Waals surface area contributed by atoms with Gasteiger partial charge >= 0.3 is 0 Å². The Kier molecular flexibility index (Phi) is 10.4. The van der Waals surface area contributed by atoms with Crippen LogP contribution < -0.4 is 0 Å². The molecule has 0 saturated heterocycles. The van der Waals surface area contributed by atoms with Gasteiger partial charge in [-0.05, 0) is 72.4 Å². The standard InChI is InChI=1S/C31H35FN2/c1-3-5-7-8-9-11-26-12-14-27(15-13-26)23-33-34-24-28-18-21-30(31(32)22-28)29-19-16-25(17-20-29)10-6-4-2/h3,12-24H,1,4-11H2,2H3. The number of unbranched alkanes of at least 4 members (excludes halogenated alkanes) is 4. The lowest BCUT2D eigenvalue weighted by molar-refractivity contribution is 0.631. The predicted molar refractivity (Wildman–Crippen MR) is 144 cm³/mol. The zero-order valence-corrected chi connectivity index (χ0v) is 20.2. The molecule has 0 aliphatic carbocycles. The third-order valence-corrected chi connectivity index (χ3v) is 5.91. The van der Waals surface area contributed by atoms with Crippen LogP contribution in [0.4, 0.5) is 4.39 Å². The smallest absolute Gasteiger partial charge is 0.131 e. The van der Waals surface area contributed by atoms with Crippen molar-refractivity contribution in [2.75, 3.05) is 0 Å². The summed E-state index contributed by atoms with van der Waals surface area (Å²) in [6, 6.07) is 21.7. The fourth-order valence-electron chi connectivity index (χ4n) is 3.84. The average Bonchev–Trinajstić information content (AvgIpc) is 2.86. The van der Waals surface area contributed by atoms with Crippen molar-refractivity contribution < 1.29 is 4.39 Å². The van der Waals surface area contributed by atoms with Crippen molar-refractivity contribution in [2.24, 2.45) is 10.2 Å². The first-order chi connectivity index (χ1) is 16.7. The lowest BCUT2D eigenvalue weighted by Gasteiger charge is -2.06. The summed E-state index contributed by atoms with van der Waals surface area (Å²) in [7, 11) is 0. The lowest BCUT2D eigenvalue weighted by atomic mass is 10.0. The molecule has 3 aromatic rings. The van der Waals surface area contributed by atoms with Crippen molar-refractivity contribution in [3.63, 3.8) is 0 Å². The largest absolute Gasteiger partial charge is 0.206 e. The molecule has 0 radical (unpaired) electrons. The SMILES string of the molecule is C=CCCCCCc1ccc(C=NN=Cc2ccc(-c3ccc(CCCC)cc3)c(F)c2)cc1. The maximum Gasteiger partial charge on any atom is 0.131 e. The van der Waals surface area contributed by atoms with Gasteiger partial charge in [-0.3, -0.25) is 0 Å². The van der Waals surface area contributed by atoms with E-state index in [1.165, 1.54) is 49.3 Å². The Balaban J connectivity index is 1.52. The van der Waals surface area contributed by atoms with Gasteiger partial charge in [-0.1, -0.05) is 86.5 Å². The van der Waals surface area contributed by atoms with Crippen LogP contribution in [0.25, 0.3) is 11.1 Å². The highest BCUT2D eigenvalue weighted by atomic mass is 19.1. The summed E-state index contributed by atoms with van der Waals surface area (Å²) < 4.78 is 14.7. The number of halogens is 1. The quantitative estimate of drug-likeness (QED) is 0.107. The van der Waals surface area contributed by atoms with Crippen LogP contribution >= 0.6 is 0 Å². The molecule has 0 aromatic heterocycles. The van der Waals surface area contributed by atoms with Crippen LogP contribution in [0.15, 0.2) is 89.6 Å². The van der Waals surface area contributed by atoms with Gasteiger partial charge in [0.05, 0.1) is 12.4 Å². The van der Waals surface area contributed by atoms with Crippen LogP contribution in [0, 0.1) is 5.82 Å². The zero-order valence-electron chi connectivity index (χ0n) is 20.2. The average molecular weight is 455 g/mol. The number of benzene rings is 3. The van der Waals surface area contributed by atoms with Crippen LogP contribution in [0.1, 0.15) is 67.7 Å². The van der Waals surface area contributed by atoms with E-state index >= 15 is 0 Å². The normalized spacial score (nSPS) is 11.5. The Hall–Kier alpha value is -3.33. The van der Waals surface area contributed by atoms with E-state index in [1.54, 1.807) is 18.5 Å². The minimum absolute atomic E-state index is 0.255. The molecule has 0 aliphatic rings. The molecule has 0 unspecified atom stereocenters. The molecule has 176 valence electrons. The van der Waals surface area contributed by atoms with Crippen LogP contribution in [-0.2, 0) is 12.8 Å². The van der Waals surface area contributed by atoms with E-state index < -0.39 is 0 Å². The number of rotatable bonds is 13. The monoisotopic (exact) mass is 454 g/mol. The molecule has 0 fully saturated rings. The van der Waals surface area contributed by atoms with Gasteiger partial charge in [0.25, 0.3) is 0 Å². The molecule has 3 rings (SSSR count). The van der Waals surface area contributed by atoms with Crippen molar-refractivity contribution in [1.82, 2.24) is 0 Å². The molecule has 0 aliphatic heterocycles. The third-order valence-electron chi connectivity index (χ3n) is 5.91. The molecule has 0 bridgehead atoms. The summed E-state index contributed by atoms with van der Waals surface area (Å²) in [5.41, 5.74) is 5.80. The third kappa shape index (κ3) is 8.22. The molecule has 3 heteroatoms. The van der Waals surface area contributed by atoms with Crippen LogP contribution in [-0.4, -0.2) is 12.4 Å². The summed E-state index contributed by atoms with van der Waals surface area (Å²) in [6.07, 6.45) is 14.5. The number of hydrogen-bond donors (Lipinski definition) is 0. The van der Waals surface area contributed by atoms with Gasteiger partial charge in [-0.2, -0.15) is 10.2 Å². The van der Waals surface area contributed by atoms with Crippen LogP contribution in [0.2, 0.25) is 0 Å². The van der Waals surface area contributed by atoms with Crippen molar-refractivity contribution in [1.29, 1.82) is 0 Å². The molecule has 0 N–H and O–H groups in total.